The fourth-order valence-electron chi connectivity index (χ4n) is 6.47. The van der Waals surface area contributed by atoms with Crippen molar-refractivity contribution in [3.63, 3.8) is 0 Å². The molecule has 0 spiro atoms. The van der Waals surface area contributed by atoms with Gasteiger partial charge in [-0.1, -0.05) is 19.6 Å². The molecule has 24 heteroatoms. The smallest absolute Gasteiger partial charge is 0.364 e. The number of aliphatic hydroxyl groups is 8. The average molecular weight is 847 g/mol. The number of carboxylic acid groups (broad SMARTS) is 2. The van der Waals surface area contributed by atoms with E-state index in [0.29, 0.717) is 6.04 Å². The Kier molecular flexibility index (Phi) is 17.7. The van der Waals surface area contributed by atoms with Gasteiger partial charge in [0, 0.05) is 34.9 Å². The lowest BCUT2D eigenvalue weighted by Gasteiger charge is -2.51. The van der Waals surface area contributed by atoms with Gasteiger partial charge in [0.1, 0.15) is 67.1 Å². The number of nitrogens with one attached hydrogen (secondary N) is 2. The third-order valence-electron chi connectivity index (χ3n) is 9.66. The maximum Gasteiger partial charge on any atom is 0.364 e. The Balaban J connectivity index is 2.03. The molecule has 0 aromatic heterocycles. The van der Waals surface area contributed by atoms with Gasteiger partial charge in [0.15, 0.2) is 18.7 Å². The van der Waals surface area contributed by atoms with Gasteiger partial charge in [-0.05, 0) is 13.0 Å². The summed E-state index contributed by atoms with van der Waals surface area (Å²) in [6.07, 6.45) is -26.8. The van der Waals surface area contributed by atoms with Gasteiger partial charge in [-0.25, -0.2) is 9.59 Å². The summed E-state index contributed by atoms with van der Waals surface area (Å²) in [5.41, 5.74) is 0. The molecule has 3 fully saturated rings. The van der Waals surface area contributed by atoms with E-state index in [4.69, 9.17) is 33.2 Å². The van der Waals surface area contributed by atoms with Crippen molar-refractivity contribution in [1.29, 1.82) is 0 Å². The lowest BCUT2D eigenvalue weighted by Crippen LogP contribution is -2.71. The fraction of sp³-hybridized carbons (Fsp3) is 0.879. The highest BCUT2D eigenvalue weighted by Gasteiger charge is 2.60. The Labute approximate surface area is 328 Å². The number of rotatable bonds is 19. The van der Waals surface area contributed by atoms with Crippen LogP contribution in [0.15, 0.2) is 0 Å². The molecule has 0 bridgehead atoms. The van der Waals surface area contributed by atoms with E-state index >= 15 is 0 Å². The molecule has 0 aliphatic carbocycles. The summed E-state index contributed by atoms with van der Waals surface area (Å²) >= 11 is 0. The number of carbonyl (C=O) groups excluding carboxylic acids is 2. The van der Waals surface area contributed by atoms with Crippen LogP contribution in [-0.2, 0) is 52.3 Å². The largest absolute Gasteiger partial charge is 0.479 e. The zero-order chi connectivity index (χ0) is 43.2. The van der Waals surface area contributed by atoms with Gasteiger partial charge in [-0.3, -0.25) is 9.59 Å². The molecule has 3 aliphatic heterocycles. The van der Waals surface area contributed by atoms with Crippen molar-refractivity contribution in [1.82, 2.24) is 10.6 Å². The number of ether oxygens (including phenoxy) is 7. The maximum absolute atomic E-state index is 12.9. The molecular weight excluding hydrogens is 788 g/mol. The predicted octanol–water partition coefficient (Wildman–Crippen LogP) is -5.22. The average Bonchev–Trinajstić information content (AvgIpc) is 3.11. The van der Waals surface area contributed by atoms with E-state index in [1.807, 2.05) is 0 Å². The van der Waals surface area contributed by atoms with Gasteiger partial charge >= 0.3 is 11.9 Å². The molecule has 3 heterocycles. The first kappa shape index (κ1) is 48.9. The fourth-order valence-corrected chi connectivity index (χ4v) is 7.20. The number of aliphatic carboxylic acids is 2. The van der Waals surface area contributed by atoms with Crippen molar-refractivity contribution in [2.24, 2.45) is 0 Å². The zero-order valence-corrected chi connectivity index (χ0v) is 33.4. The lowest BCUT2D eigenvalue weighted by molar-refractivity contribution is -0.381. The molecule has 57 heavy (non-hydrogen) atoms. The molecule has 12 N–H and O–H groups in total. The second-order valence-electron chi connectivity index (χ2n) is 15.5. The van der Waals surface area contributed by atoms with Crippen LogP contribution in [0, 0.1) is 0 Å². The van der Waals surface area contributed by atoms with E-state index in [0.717, 1.165) is 13.8 Å². The molecule has 2 amide bonds. The van der Waals surface area contributed by atoms with Crippen LogP contribution in [0.5, 0.6) is 0 Å². The van der Waals surface area contributed by atoms with E-state index < -0.39 is 162 Å². The minimum Gasteiger partial charge on any atom is -0.479 e. The molecule has 0 radical (unpaired) electrons. The molecule has 0 saturated carbocycles. The molecule has 0 aromatic carbocycles. The third-order valence-corrected chi connectivity index (χ3v) is 11.4. The van der Waals surface area contributed by atoms with E-state index in [1.54, 1.807) is 0 Å². The summed E-state index contributed by atoms with van der Waals surface area (Å²) in [4.78, 5) is 48.7. The normalized spacial score (nSPS) is 37.8. The van der Waals surface area contributed by atoms with Crippen LogP contribution in [0.4, 0.5) is 0 Å². The molecule has 3 saturated heterocycles. The third kappa shape index (κ3) is 12.5. The molecule has 0 aromatic rings. The number of hydrogen-bond donors (Lipinski definition) is 12. The Morgan fingerprint density at radius 2 is 1.44 bits per heavy atom. The first-order chi connectivity index (χ1) is 26.5. The molecule has 17 atom stereocenters. The van der Waals surface area contributed by atoms with Crippen LogP contribution in [0.1, 0.15) is 27.2 Å². The highest BCUT2D eigenvalue weighted by molar-refractivity contribution is 6.76. The Morgan fingerprint density at radius 1 is 0.860 bits per heavy atom. The standard InChI is InChI=1S/C33H58N2O21Si/c1-13(29(46)47)51-12-19-24(44)26(21(35-15(3)39)30(53-19)50-7-8-57(4,5)6)54-31-25(45)28(23(43)18(11-37)52-31)56-33(32(48)49)9-16(40)20(34-14(2)38)27(55-33)22(42)17(41)10-36/h13,16-28,30-31,36-37,40-45H,7-12H2,1-6H3,(H,34,38)(H,35,39)(H,46,47)(H,48,49)/t13-,16-,17+,18+,19+,20+,21+,22+,23-,24-,25+,26+,27+,28-,30+,31-,33-/m0/s1. The van der Waals surface area contributed by atoms with Gasteiger partial charge in [0.05, 0.1) is 32.0 Å². The Morgan fingerprint density at radius 3 is 1.96 bits per heavy atom. The SMILES string of the molecule is CC(=O)N[C@H]1[C@H](OCC[Si](C)(C)C)O[C@H](CO[C@@H](C)C(=O)O)[C@H](O)[C@@H]1O[C@@H]1O[C@H](CO)[C@H](O)[C@H](O[C@]2(C(=O)O)C[C@H](O)[C@@H](NC(C)=O)[C@H]([C@H](O)[C@H](O)CO)O2)[C@H]1O. The van der Waals surface area contributed by atoms with Crippen molar-refractivity contribution in [3.8, 4) is 0 Å². The van der Waals surface area contributed by atoms with Crippen LogP contribution >= 0.6 is 0 Å². The van der Waals surface area contributed by atoms with Gasteiger partial charge < -0.3 is 94.9 Å². The molecule has 330 valence electrons. The zero-order valence-electron chi connectivity index (χ0n) is 32.4. The van der Waals surface area contributed by atoms with E-state index in [2.05, 4.69) is 30.3 Å². The maximum atomic E-state index is 12.9. The van der Waals surface area contributed by atoms with Crippen LogP contribution < -0.4 is 10.6 Å². The lowest BCUT2D eigenvalue weighted by atomic mass is 9.88. The minimum absolute atomic E-state index is 0.118. The van der Waals surface area contributed by atoms with Crippen molar-refractivity contribution in [3.05, 3.63) is 0 Å². The Bertz CT molecular complexity index is 1360. The number of carboxylic acids is 2. The van der Waals surface area contributed by atoms with Crippen LogP contribution in [0.2, 0.25) is 25.7 Å². The van der Waals surface area contributed by atoms with E-state index in [-0.39, 0.29) is 6.61 Å². The number of carbonyl (C=O) groups is 4. The summed E-state index contributed by atoms with van der Waals surface area (Å²) in [6, 6.07) is -2.32. The summed E-state index contributed by atoms with van der Waals surface area (Å²) in [5, 5.41) is 111. The summed E-state index contributed by atoms with van der Waals surface area (Å²) in [5.74, 6) is -7.78. The number of amides is 2. The highest BCUT2D eigenvalue weighted by Crippen LogP contribution is 2.38. The highest BCUT2D eigenvalue weighted by atomic mass is 28.3. The predicted molar refractivity (Wildman–Crippen MR) is 190 cm³/mol. The van der Waals surface area contributed by atoms with Crippen LogP contribution in [0.3, 0.4) is 0 Å². The summed E-state index contributed by atoms with van der Waals surface area (Å²) in [7, 11) is -1.70. The van der Waals surface area contributed by atoms with Crippen molar-refractivity contribution in [2.75, 3.05) is 26.4 Å². The quantitative estimate of drug-likeness (QED) is 0.0541. The minimum atomic E-state index is -3.07. The monoisotopic (exact) mass is 846 g/mol. The molecule has 23 nitrogen and oxygen atoms in total. The molecule has 3 rings (SSSR count). The van der Waals surface area contributed by atoms with Crippen LogP contribution in [0.25, 0.3) is 0 Å². The molecular formula is C33H58N2O21Si. The van der Waals surface area contributed by atoms with Gasteiger partial charge in [0.25, 0.3) is 5.79 Å². The van der Waals surface area contributed by atoms with E-state index in [9.17, 15) is 70.2 Å². The second-order valence-corrected chi connectivity index (χ2v) is 21.1. The molecule has 0 unspecified atom stereocenters. The Hall–Kier alpha value is -2.50. The first-order valence-corrected chi connectivity index (χ1v) is 22.0. The summed E-state index contributed by atoms with van der Waals surface area (Å²) in [6.45, 7) is 7.16. The molecule has 3 aliphatic rings. The second kappa shape index (κ2) is 20.6. The topological polar surface area (TPSA) is 359 Å². The van der Waals surface area contributed by atoms with Gasteiger partial charge in [-0.15, -0.1) is 0 Å². The first-order valence-electron chi connectivity index (χ1n) is 18.3. The number of hydrogen-bond acceptors (Lipinski definition) is 19. The number of aliphatic hydroxyl groups excluding tert-OH is 8. The van der Waals surface area contributed by atoms with Crippen molar-refractivity contribution < 1.29 is 103 Å². The van der Waals surface area contributed by atoms with Crippen LogP contribution in [-0.4, -0.2) is 213 Å². The van der Waals surface area contributed by atoms with Crippen molar-refractivity contribution in [2.45, 2.75) is 157 Å². The van der Waals surface area contributed by atoms with Gasteiger partial charge in [-0.2, -0.15) is 0 Å². The van der Waals surface area contributed by atoms with E-state index in [1.165, 1.54) is 6.92 Å². The van der Waals surface area contributed by atoms with Gasteiger partial charge in [0.2, 0.25) is 11.8 Å². The summed E-state index contributed by atoms with van der Waals surface area (Å²) < 4.78 is 40.4. The van der Waals surface area contributed by atoms with Crippen molar-refractivity contribution >= 4 is 31.8 Å².